The summed E-state index contributed by atoms with van der Waals surface area (Å²) in [6, 6.07) is 11.8. The Labute approximate surface area is 116 Å². The van der Waals surface area contributed by atoms with Gasteiger partial charge < -0.3 is 10.1 Å². The van der Waals surface area contributed by atoms with Crippen molar-refractivity contribution in [3.05, 3.63) is 53.9 Å². The Balaban J connectivity index is 2.17. The van der Waals surface area contributed by atoms with Crippen molar-refractivity contribution >= 4 is 11.5 Å². The summed E-state index contributed by atoms with van der Waals surface area (Å²) < 4.78 is 14.6. The largest absolute Gasteiger partial charge is 0.382 e. The van der Waals surface area contributed by atoms with E-state index in [4.69, 9.17) is 5.73 Å². The second-order valence-corrected chi connectivity index (χ2v) is 4.82. The van der Waals surface area contributed by atoms with Gasteiger partial charge in [-0.15, -0.1) is 0 Å². The van der Waals surface area contributed by atoms with Crippen LogP contribution < -0.4 is 5.73 Å². The maximum absolute atomic E-state index is 12.7. The molecule has 0 saturated carbocycles. The van der Waals surface area contributed by atoms with E-state index in [-0.39, 0.29) is 6.67 Å². The fraction of sp³-hybridized carbons (Fsp3) is 0.188. The third-order valence-electron chi connectivity index (χ3n) is 3.59. The van der Waals surface area contributed by atoms with Crippen molar-refractivity contribution in [3.63, 3.8) is 0 Å². The number of hydrogen-bond donors (Lipinski definition) is 1. The van der Waals surface area contributed by atoms with Crippen molar-refractivity contribution in [1.82, 2.24) is 9.38 Å². The number of rotatable bonds is 3. The van der Waals surface area contributed by atoms with E-state index in [1.165, 1.54) is 0 Å². The molecular weight excluding hydrogens is 253 g/mol. The second kappa shape index (κ2) is 4.96. The lowest BCUT2D eigenvalue weighted by Gasteiger charge is -2.09. The van der Waals surface area contributed by atoms with Gasteiger partial charge in [-0.1, -0.05) is 24.3 Å². The quantitative estimate of drug-likeness (QED) is 0.792. The van der Waals surface area contributed by atoms with Crippen LogP contribution in [0.15, 0.2) is 42.6 Å². The maximum Gasteiger partial charge on any atom is 0.145 e. The number of fused-ring (bicyclic) bond motifs is 1. The summed E-state index contributed by atoms with van der Waals surface area (Å²) in [7, 11) is 0. The van der Waals surface area contributed by atoms with Crippen LogP contribution in [0.25, 0.3) is 16.8 Å². The van der Waals surface area contributed by atoms with E-state index in [0.717, 1.165) is 28.0 Å². The molecule has 0 aliphatic carbocycles. The first-order valence-electron chi connectivity index (χ1n) is 6.59. The number of alkyl halides is 1. The minimum Gasteiger partial charge on any atom is -0.382 e. The first kappa shape index (κ1) is 12.7. The number of benzene rings is 1. The van der Waals surface area contributed by atoms with Gasteiger partial charge in [0.1, 0.15) is 11.5 Å². The minimum atomic E-state index is -0.351. The van der Waals surface area contributed by atoms with E-state index in [1.54, 1.807) is 0 Å². The van der Waals surface area contributed by atoms with Gasteiger partial charge in [-0.25, -0.2) is 4.98 Å². The second-order valence-electron chi connectivity index (χ2n) is 4.82. The smallest absolute Gasteiger partial charge is 0.145 e. The van der Waals surface area contributed by atoms with Gasteiger partial charge in [0.15, 0.2) is 0 Å². The summed E-state index contributed by atoms with van der Waals surface area (Å²) in [6.07, 6.45) is 2.43. The Kier molecular flexibility index (Phi) is 3.14. The number of nitrogen functional groups attached to an aromatic ring is 1. The third kappa shape index (κ3) is 2.03. The zero-order chi connectivity index (χ0) is 14.1. The summed E-state index contributed by atoms with van der Waals surface area (Å²) >= 11 is 0. The monoisotopic (exact) mass is 269 g/mol. The molecule has 0 aliphatic heterocycles. The van der Waals surface area contributed by atoms with Gasteiger partial charge in [-0.3, -0.25) is 4.39 Å². The number of halogens is 1. The van der Waals surface area contributed by atoms with Crippen molar-refractivity contribution in [1.29, 1.82) is 0 Å². The average Bonchev–Trinajstić information content (AvgIpc) is 2.75. The zero-order valence-corrected chi connectivity index (χ0v) is 11.3. The van der Waals surface area contributed by atoms with Crippen LogP contribution >= 0.6 is 0 Å². The molecule has 2 heterocycles. The predicted octanol–water partition coefficient (Wildman–Crippen LogP) is 3.40. The number of nitrogens with zero attached hydrogens (tertiary/aromatic N) is 2. The molecule has 2 aromatic heterocycles. The molecule has 2 N–H and O–H groups in total. The highest BCUT2D eigenvalue weighted by atomic mass is 19.1. The number of aryl methyl sites for hydroxylation is 2. The molecule has 0 atom stereocenters. The molecule has 3 rings (SSSR count). The van der Waals surface area contributed by atoms with Gasteiger partial charge in [0, 0.05) is 12.6 Å². The maximum atomic E-state index is 12.7. The lowest BCUT2D eigenvalue weighted by atomic mass is 9.99. The van der Waals surface area contributed by atoms with Crippen LogP contribution in [0.4, 0.5) is 10.2 Å². The standard InChI is InChI=1S/C16H16FN3/c1-11-16(18)19-15-7-6-13(10-20(11)15)14-5-3-2-4-12(14)8-9-17/h2-7,10H,8-9,18H2,1H3. The molecule has 0 amide bonds. The fourth-order valence-corrected chi connectivity index (χ4v) is 2.46. The molecule has 20 heavy (non-hydrogen) atoms. The SMILES string of the molecule is Cc1c(N)nc2ccc(-c3ccccc3CCF)cn12. The van der Waals surface area contributed by atoms with E-state index in [0.29, 0.717) is 12.2 Å². The predicted molar refractivity (Wildman–Crippen MR) is 79.5 cm³/mol. The molecule has 0 spiro atoms. The van der Waals surface area contributed by atoms with E-state index in [2.05, 4.69) is 4.98 Å². The number of anilines is 1. The topological polar surface area (TPSA) is 43.3 Å². The summed E-state index contributed by atoms with van der Waals surface area (Å²) in [5.74, 6) is 0.541. The first-order chi connectivity index (χ1) is 9.70. The third-order valence-corrected chi connectivity index (χ3v) is 3.59. The molecule has 0 radical (unpaired) electrons. The van der Waals surface area contributed by atoms with E-state index in [1.807, 2.05) is 53.9 Å². The van der Waals surface area contributed by atoms with Crippen LogP contribution in [0, 0.1) is 6.92 Å². The van der Waals surface area contributed by atoms with Gasteiger partial charge in [-0.2, -0.15) is 0 Å². The molecule has 0 saturated heterocycles. The van der Waals surface area contributed by atoms with Gasteiger partial charge in [0.05, 0.1) is 12.4 Å². The number of hydrogen-bond acceptors (Lipinski definition) is 2. The van der Waals surface area contributed by atoms with Crippen LogP contribution in [0.5, 0.6) is 0 Å². The summed E-state index contributed by atoms with van der Waals surface area (Å²) in [4.78, 5) is 4.29. The zero-order valence-electron chi connectivity index (χ0n) is 11.3. The molecule has 0 bridgehead atoms. The molecule has 0 aliphatic rings. The van der Waals surface area contributed by atoms with Gasteiger partial charge >= 0.3 is 0 Å². The van der Waals surface area contributed by atoms with E-state index in [9.17, 15) is 4.39 Å². The first-order valence-corrected chi connectivity index (χ1v) is 6.59. The Bertz CT molecular complexity index is 762. The van der Waals surface area contributed by atoms with Crippen LogP contribution in [0.1, 0.15) is 11.3 Å². The van der Waals surface area contributed by atoms with E-state index >= 15 is 0 Å². The van der Waals surface area contributed by atoms with Crippen LogP contribution in [0.2, 0.25) is 0 Å². The molecule has 4 heteroatoms. The molecule has 102 valence electrons. The molecule has 0 unspecified atom stereocenters. The van der Waals surface area contributed by atoms with Crippen LogP contribution in [-0.4, -0.2) is 16.1 Å². The molecule has 3 nitrogen and oxygen atoms in total. The number of pyridine rings is 1. The van der Waals surface area contributed by atoms with Crippen LogP contribution in [-0.2, 0) is 6.42 Å². The Morgan fingerprint density at radius 1 is 1.20 bits per heavy atom. The highest BCUT2D eigenvalue weighted by Crippen LogP contribution is 2.26. The Morgan fingerprint density at radius 3 is 2.80 bits per heavy atom. The summed E-state index contributed by atoms with van der Waals surface area (Å²) in [5, 5.41) is 0. The van der Waals surface area contributed by atoms with Gasteiger partial charge in [0.2, 0.25) is 0 Å². The number of aromatic nitrogens is 2. The molecule has 3 aromatic rings. The van der Waals surface area contributed by atoms with Gasteiger partial charge in [0.25, 0.3) is 0 Å². The Morgan fingerprint density at radius 2 is 2.00 bits per heavy atom. The molecule has 1 aromatic carbocycles. The Hall–Kier alpha value is -2.36. The molecular formula is C16H16FN3. The van der Waals surface area contributed by atoms with Crippen molar-refractivity contribution in [2.45, 2.75) is 13.3 Å². The average molecular weight is 269 g/mol. The summed E-state index contributed by atoms with van der Waals surface area (Å²) in [5.41, 5.74) is 10.7. The highest BCUT2D eigenvalue weighted by Gasteiger charge is 2.09. The van der Waals surface area contributed by atoms with Crippen LogP contribution in [0.3, 0.4) is 0 Å². The molecule has 0 fully saturated rings. The number of nitrogens with two attached hydrogens (primary N) is 1. The lowest BCUT2D eigenvalue weighted by molar-refractivity contribution is 0.495. The fourth-order valence-electron chi connectivity index (χ4n) is 2.46. The van der Waals surface area contributed by atoms with Crippen molar-refractivity contribution in [2.75, 3.05) is 12.4 Å². The number of imidazole rings is 1. The van der Waals surface area contributed by atoms with Crippen molar-refractivity contribution < 1.29 is 4.39 Å². The van der Waals surface area contributed by atoms with Crippen molar-refractivity contribution in [3.8, 4) is 11.1 Å². The normalized spacial score (nSPS) is 11.1. The van der Waals surface area contributed by atoms with E-state index < -0.39 is 0 Å². The highest BCUT2D eigenvalue weighted by molar-refractivity contribution is 5.69. The van der Waals surface area contributed by atoms with Gasteiger partial charge in [-0.05, 0) is 35.7 Å². The summed E-state index contributed by atoms with van der Waals surface area (Å²) in [6.45, 7) is 1.59. The lowest BCUT2D eigenvalue weighted by Crippen LogP contribution is -1.94. The van der Waals surface area contributed by atoms with Crippen molar-refractivity contribution in [2.24, 2.45) is 0 Å². The minimum absolute atomic E-state index is 0.351.